The smallest absolute Gasteiger partial charge is 0.224 e. The summed E-state index contributed by atoms with van der Waals surface area (Å²) in [6.45, 7) is 0. The summed E-state index contributed by atoms with van der Waals surface area (Å²) < 4.78 is 12.5. The number of hydrogen-bond donors (Lipinski definition) is 1. The maximum absolute atomic E-state index is 12.5. The molecule has 1 fully saturated rings. The highest BCUT2D eigenvalue weighted by Gasteiger charge is 2.24. The van der Waals surface area contributed by atoms with Crippen LogP contribution in [0.1, 0.15) is 19.3 Å². The van der Waals surface area contributed by atoms with Gasteiger partial charge in [-0.2, -0.15) is 0 Å². The van der Waals surface area contributed by atoms with Crippen molar-refractivity contribution in [1.29, 1.82) is 0 Å². The van der Waals surface area contributed by atoms with Crippen LogP contribution in [0.3, 0.4) is 0 Å². The van der Waals surface area contributed by atoms with Gasteiger partial charge in [-0.15, -0.1) is 0 Å². The summed E-state index contributed by atoms with van der Waals surface area (Å²) >= 11 is 0. The molecule has 1 saturated carbocycles. The fourth-order valence-electron chi connectivity index (χ4n) is 1.33. The molecule has 1 aromatic rings. The van der Waals surface area contributed by atoms with Crippen LogP contribution < -0.4 is 5.32 Å². The molecule has 0 atom stereocenters. The molecule has 74 valence electrons. The van der Waals surface area contributed by atoms with Crippen molar-refractivity contribution >= 4 is 11.6 Å². The third kappa shape index (κ3) is 2.55. The Morgan fingerprint density at radius 2 is 2.00 bits per heavy atom. The largest absolute Gasteiger partial charge is 0.326 e. The van der Waals surface area contributed by atoms with Crippen LogP contribution in [0.15, 0.2) is 24.3 Å². The Bertz CT molecular complexity index is 330. The maximum Gasteiger partial charge on any atom is 0.224 e. The van der Waals surface area contributed by atoms with Crippen molar-refractivity contribution < 1.29 is 9.18 Å². The standard InChI is InChI=1S/C11H12FNO/c12-9-3-5-10(6-4-9)13-11(14)7-8-1-2-8/h3-6,8H,1-2,7H2,(H,13,14). The van der Waals surface area contributed by atoms with Gasteiger partial charge in [0.25, 0.3) is 0 Å². The van der Waals surface area contributed by atoms with E-state index >= 15 is 0 Å². The Balaban J connectivity index is 1.89. The van der Waals surface area contributed by atoms with Gasteiger partial charge >= 0.3 is 0 Å². The molecule has 0 bridgehead atoms. The summed E-state index contributed by atoms with van der Waals surface area (Å²) in [5, 5.41) is 2.73. The van der Waals surface area contributed by atoms with Crippen LogP contribution >= 0.6 is 0 Å². The molecule has 2 nitrogen and oxygen atoms in total. The van der Waals surface area contributed by atoms with Gasteiger partial charge in [-0.3, -0.25) is 4.79 Å². The van der Waals surface area contributed by atoms with Crippen LogP contribution in [0.4, 0.5) is 10.1 Å². The SMILES string of the molecule is O=C(CC1CC1)Nc1ccc(F)cc1. The molecular formula is C11H12FNO. The second-order valence-corrected chi connectivity index (χ2v) is 3.70. The zero-order chi connectivity index (χ0) is 9.97. The van der Waals surface area contributed by atoms with E-state index in [-0.39, 0.29) is 11.7 Å². The number of carbonyl (C=O) groups is 1. The van der Waals surface area contributed by atoms with Gasteiger partial charge < -0.3 is 5.32 Å². The van der Waals surface area contributed by atoms with Crippen molar-refractivity contribution in [2.45, 2.75) is 19.3 Å². The Kier molecular flexibility index (Phi) is 2.48. The number of carbonyl (C=O) groups excluding carboxylic acids is 1. The number of anilines is 1. The molecule has 1 aliphatic carbocycles. The topological polar surface area (TPSA) is 29.1 Å². The molecule has 2 rings (SSSR count). The molecule has 1 aromatic carbocycles. The van der Waals surface area contributed by atoms with Crippen molar-refractivity contribution in [3.8, 4) is 0 Å². The van der Waals surface area contributed by atoms with Crippen LogP contribution in [0.2, 0.25) is 0 Å². The zero-order valence-electron chi connectivity index (χ0n) is 7.79. The number of benzene rings is 1. The lowest BCUT2D eigenvalue weighted by Gasteiger charge is -2.03. The molecule has 0 saturated heterocycles. The normalized spacial score (nSPS) is 15.2. The fraction of sp³-hybridized carbons (Fsp3) is 0.364. The summed E-state index contributed by atoms with van der Waals surface area (Å²) in [7, 11) is 0. The van der Waals surface area contributed by atoms with Gasteiger partial charge in [0.05, 0.1) is 0 Å². The fourth-order valence-corrected chi connectivity index (χ4v) is 1.33. The molecule has 1 N–H and O–H groups in total. The number of halogens is 1. The van der Waals surface area contributed by atoms with Crippen LogP contribution in [-0.2, 0) is 4.79 Å². The van der Waals surface area contributed by atoms with Crippen molar-refractivity contribution in [2.75, 3.05) is 5.32 Å². The molecule has 0 unspecified atom stereocenters. The van der Waals surface area contributed by atoms with Gasteiger partial charge in [0, 0.05) is 12.1 Å². The Labute approximate surface area is 82.1 Å². The lowest BCUT2D eigenvalue weighted by Crippen LogP contribution is -2.11. The van der Waals surface area contributed by atoms with Gasteiger partial charge in [-0.05, 0) is 43.0 Å². The molecular weight excluding hydrogens is 181 g/mol. The van der Waals surface area contributed by atoms with Gasteiger partial charge in [-0.25, -0.2) is 4.39 Å². The molecule has 0 spiro atoms. The molecule has 14 heavy (non-hydrogen) atoms. The molecule has 3 heteroatoms. The Morgan fingerprint density at radius 1 is 1.36 bits per heavy atom. The summed E-state index contributed by atoms with van der Waals surface area (Å²) in [4.78, 5) is 11.3. The van der Waals surface area contributed by atoms with E-state index in [0.29, 0.717) is 18.0 Å². The van der Waals surface area contributed by atoms with E-state index in [0.717, 1.165) is 12.8 Å². The highest BCUT2D eigenvalue weighted by atomic mass is 19.1. The average Bonchev–Trinajstić information content (AvgIpc) is 2.93. The molecule has 1 aliphatic rings. The highest BCUT2D eigenvalue weighted by Crippen LogP contribution is 2.32. The molecule has 0 aliphatic heterocycles. The molecule has 0 aromatic heterocycles. The van der Waals surface area contributed by atoms with Crippen LogP contribution in [0.25, 0.3) is 0 Å². The minimum Gasteiger partial charge on any atom is -0.326 e. The number of nitrogens with one attached hydrogen (secondary N) is 1. The third-order valence-electron chi connectivity index (χ3n) is 2.30. The Hall–Kier alpha value is -1.38. The second-order valence-electron chi connectivity index (χ2n) is 3.70. The monoisotopic (exact) mass is 193 g/mol. The first kappa shape index (κ1) is 9.19. The summed E-state index contributed by atoms with van der Waals surface area (Å²) in [5.74, 6) is 0.319. The van der Waals surface area contributed by atoms with E-state index < -0.39 is 0 Å². The second kappa shape index (κ2) is 3.78. The van der Waals surface area contributed by atoms with Crippen LogP contribution in [0.5, 0.6) is 0 Å². The summed E-state index contributed by atoms with van der Waals surface area (Å²) in [6.07, 6.45) is 2.92. The first-order valence-corrected chi connectivity index (χ1v) is 4.79. The number of hydrogen-bond acceptors (Lipinski definition) is 1. The van der Waals surface area contributed by atoms with Crippen LogP contribution in [0, 0.1) is 11.7 Å². The summed E-state index contributed by atoms with van der Waals surface area (Å²) in [5.41, 5.74) is 0.664. The first-order valence-electron chi connectivity index (χ1n) is 4.79. The van der Waals surface area contributed by atoms with Crippen LogP contribution in [-0.4, -0.2) is 5.91 Å². The third-order valence-corrected chi connectivity index (χ3v) is 2.30. The van der Waals surface area contributed by atoms with Crippen molar-refractivity contribution in [1.82, 2.24) is 0 Å². The van der Waals surface area contributed by atoms with E-state index in [1.54, 1.807) is 12.1 Å². The minimum absolute atomic E-state index is 0.0270. The predicted molar refractivity (Wildman–Crippen MR) is 52.4 cm³/mol. The van der Waals surface area contributed by atoms with Gasteiger partial charge in [0.15, 0.2) is 0 Å². The van der Waals surface area contributed by atoms with E-state index in [9.17, 15) is 9.18 Å². The lowest BCUT2D eigenvalue weighted by atomic mass is 10.2. The number of rotatable bonds is 3. The van der Waals surface area contributed by atoms with E-state index in [4.69, 9.17) is 0 Å². The quantitative estimate of drug-likeness (QED) is 0.785. The average molecular weight is 193 g/mol. The lowest BCUT2D eigenvalue weighted by molar-refractivity contribution is -0.116. The number of amides is 1. The highest BCUT2D eigenvalue weighted by molar-refractivity contribution is 5.90. The Morgan fingerprint density at radius 3 is 2.57 bits per heavy atom. The molecule has 0 heterocycles. The predicted octanol–water partition coefficient (Wildman–Crippen LogP) is 2.56. The van der Waals surface area contributed by atoms with Gasteiger partial charge in [-0.1, -0.05) is 0 Å². The summed E-state index contributed by atoms with van der Waals surface area (Å²) in [6, 6.07) is 5.82. The van der Waals surface area contributed by atoms with E-state index in [1.807, 2.05) is 0 Å². The van der Waals surface area contributed by atoms with Gasteiger partial charge in [0.2, 0.25) is 5.91 Å². The first-order chi connectivity index (χ1) is 6.74. The van der Waals surface area contributed by atoms with Crippen molar-refractivity contribution in [2.24, 2.45) is 5.92 Å². The molecule has 0 radical (unpaired) electrons. The van der Waals surface area contributed by atoms with E-state index in [1.165, 1.54) is 12.1 Å². The van der Waals surface area contributed by atoms with Crippen molar-refractivity contribution in [3.05, 3.63) is 30.1 Å². The van der Waals surface area contributed by atoms with Gasteiger partial charge in [0.1, 0.15) is 5.82 Å². The maximum atomic E-state index is 12.5. The molecule has 1 amide bonds. The van der Waals surface area contributed by atoms with E-state index in [2.05, 4.69) is 5.32 Å². The minimum atomic E-state index is -0.287. The zero-order valence-corrected chi connectivity index (χ0v) is 7.79. The van der Waals surface area contributed by atoms with Crippen molar-refractivity contribution in [3.63, 3.8) is 0 Å².